The fourth-order valence-electron chi connectivity index (χ4n) is 1.72. The van der Waals surface area contributed by atoms with Crippen LogP contribution in [0.4, 0.5) is 0 Å². The zero-order chi connectivity index (χ0) is 12.5. The minimum absolute atomic E-state index is 0. The Labute approximate surface area is 115 Å². The van der Waals surface area contributed by atoms with Crippen LogP contribution in [0.2, 0.25) is 0 Å². The minimum Gasteiger partial charge on any atom is -0.376 e. The molecular weight excluding hydrogens is 256 g/mol. The lowest BCUT2D eigenvalue weighted by Gasteiger charge is -2.23. The van der Waals surface area contributed by atoms with Gasteiger partial charge in [0.1, 0.15) is 6.10 Å². The third kappa shape index (κ3) is 7.16. The van der Waals surface area contributed by atoms with Crippen LogP contribution in [0.5, 0.6) is 0 Å². The molecule has 1 saturated heterocycles. The summed E-state index contributed by atoms with van der Waals surface area (Å²) in [6.07, 6.45) is 3.88. The molecule has 108 valence electrons. The molecule has 1 heterocycles. The summed E-state index contributed by atoms with van der Waals surface area (Å²) >= 11 is 0. The Morgan fingerprint density at radius 2 is 2.33 bits per heavy atom. The number of carbonyl (C=O) groups excluding carboxylic acids is 1. The van der Waals surface area contributed by atoms with E-state index in [0.717, 1.165) is 25.9 Å². The number of halogens is 1. The molecule has 0 spiro atoms. The van der Waals surface area contributed by atoms with Gasteiger partial charge in [-0.2, -0.15) is 0 Å². The van der Waals surface area contributed by atoms with E-state index >= 15 is 0 Å². The molecule has 2 atom stereocenters. The van der Waals surface area contributed by atoms with Crippen LogP contribution >= 0.6 is 12.4 Å². The van der Waals surface area contributed by atoms with Crippen molar-refractivity contribution in [2.75, 3.05) is 26.3 Å². The van der Waals surface area contributed by atoms with E-state index in [1.807, 2.05) is 0 Å². The average molecular weight is 281 g/mol. The van der Waals surface area contributed by atoms with E-state index in [2.05, 4.69) is 5.32 Å². The molecule has 1 rings (SSSR count). The highest BCUT2D eigenvalue weighted by atomic mass is 35.5. The average Bonchev–Trinajstić information content (AvgIpc) is 2.37. The molecule has 0 aromatic rings. The van der Waals surface area contributed by atoms with Crippen molar-refractivity contribution in [2.24, 2.45) is 5.73 Å². The van der Waals surface area contributed by atoms with Crippen molar-refractivity contribution in [1.29, 1.82) is 0 Å². The number of ether oxygens (including phenoxy) is 2. The molecule has 0 radical (unpaired) electrons. The molecule has 1 aliphatic heterocycles. The summed E-state index contributed by atoms with van der Waals surface area (Å²) in [5.41, 5.74) is 5.35. The highest BCUT2D eigenvalue weighted by Gasteiger charge is 2.18. The van der Waals surface area contributed by atoms with E-state index in [1.165, 1.54) is 6.42 Å². The molecule has 6 heteroatoms. The standard InChI is InChI=1S/C12H24N2O3.ClH/c1-10(12(15)14-7-4-6-13)17-9-11-5-2-3-8-16-11;/h10-11H,2-9,13H2,1H3,(H,14,15);1H. The second-order valence-electron chi connectivity index (χ2n) is 4.40. The van der Waals surface area contributed by atoms with Crippen LogP contribution in [0, 0.1) is 0 Å². The third-order valence-corrected chi connectivity index (χ3v) is 2.86. The lowest BCUT2D eigenvalue weighted by molar-refractivity contribution is -0.135. The first-order chi connectivity index (χ1) is 8.24. The van der Waals surface area contributed by atoms with Gasteiger partial charge in [-0.1, -0.05) is 0 Å². The Hall–Kier alpha value is -0.360. The summed E-state index contributed by atoms with van der Waals surface area (Å²) in [5, 5.41) is 2.79. The summed E-state index contributed by atoms with van der Waals surface area (Å²) in [5.74, 6) is -0.0748. The highest BCUT2D eigenvalue weighted by molar-refractivity contribution is 5.85. The van der Waals surface area contributed by atoms with Crippen molar-refractivity contribution in [1.82, 2.24) is 5.32 Å². The molecule has 0 saturated carbocycles. The van der Waals surface area contributed by atoms with E-state index in [4.69, 9.17) is 15.2 Å². The Morgan fingerprint density at radius 1 is 1.56 bits per heavy atom. The Kier molecular flexibility index (Phi) is 10.3. The van der Waals surface area contributed by atoms with E-state index in [9.17, 15) is 4.79 Å². The van der Waals surface area contributed by atoms with Crippen LogP contribution in [0.1, 0.15) is 32.6 Å². The molecule has 18 heavy (non-hydrogen) atoms. The van der Waals surface area contributed by atoms with Gasteiger partial charge in [0.15, 0.2) is 0 Å². The summed E-state index contributed by atoms with van der Waals surface area (Å²) in [6.45, 7) is 4.28. The number of hydrogen-bond acceptors (Lipinski definition) is 4. The van der Waals surface area contributed by atoms with Crippen LogP contribution in [-0.4, -0.2) is 44.4 Å². The van der Waals surface area contributed by atoms with Crippen molar-refractivity contribution in [2.45, 2.75) is 44.8 Å². The number of carbonyl (C=O) groups is 1. The van der Waals surface area contributed by atoms with E-state index < -0.39 is 6.10 Å². The molecule has 0 aromatic heterocycles. The monoisotopic (exact) mass is 280 g/mol. The topological polar surface area (TPSA) is 73.6 Å². The molecule has 1 aliphatic rings. The predicted molar refractivity (Wildman–Crippen MR) is 72.9 cm³/mol. The SMILES string of the molecule is CC(OCC1CCCCO1)C(=O)NCCCN.Cl. The molecule has 3 N–H and O–H groups in total. The van der Waals surface area contributed by atoms with Crippen LogP contribution in [-0.2, 0) is 14.3 Å². The van der Waals surface area contributed by atoms with Gasteiger partial charge in [0.05, 0.1) is 12.7 Å². The van der Waals surface area contributed by atoms with Crippen molar-refractivity contribution < 1.29 is 14.3 Å². The maximum atomic E-state index is 11.6. The number of amides is 1. The molecule has 1 fully saturated rings. The summed E-state index contributed by atoms with van der Waals surface area (Å²) < 4.78 is 11.0. The maximum Gasteiger partial charge on any atom is 0.248 e. The largest absolute Gasteiger partial charge is 0.376 e. The number of nitrogens with one attached hydrogen (secondary N) is 1. The number of hydrogen-bond donors (Lipinski definition) is 2. The quantitative estimate of drug-likeness (QED) is 0.678. The van der Waals surface area contributed by atoms with Gasteiger partial charge in [-0.3, -0.25) is 4.79 Å². The molecule has 0 bridgehead atoms. The first kappa shape index (κ1) is 17.6. The van der Waals surface area contributed by atoms with Crippen molar-refractivity contribution in [3.63, 3.8) is 0 Å². The van der Waals surface area contributed by atoms with E-state index in [1.54, 1.807) is 6.92 Å². The van der Waals surface area contributed by atoms with E-state index in [-0.39, 0.29) is 24.4 Å². The first-order valence-electron chi connectivity index (χ1n) is 6.45. The van der Waals surface area contributed by atoms with Gasteiger partial charge in [-0.15, -0.1) is 12.4 Å². The predicted octanol–water partition coefficient (Wildman–Crippen LogP) is 0.847. The lowest BCUT2D eigenvalue weighted by atomic mass is 10.1. The lowest BCUT2D eigenvalue weighted by Crippen LogP contribution is -2.37. The van der Waals surface area contributed by atoms with E-state index in [0.29, 0.717) is 19.7 Å². The zero-order valence-corrected chi connectivity index (χ0v) is 11.8. The summed E-state index contributed by atoms with van der Waals surface area (Å²) in [4.78, 5) is 11.6. The smallest absolute Gasteiger partial charge is 0.248 e. The third-order valence-electron chi connectivity index (χ3n) is 2.86. The number of rotatable bonds is 7. The number of nitrogens with two attached hydrogens (primary N) is 1. The maximum absolute atomic E-state index is 11.6. The van der Waals surface area contributed by atoms with Crippen LogP contribution < -0.4 is 11.1 Å². The minimum atomic E-state index is -0.418. The van der Waals surface area contributed by atoms with Crippen LogP contribution in [0.25, 0.3) is 0 Å². The molecule has 0 aliphatic carbocycles. The molecule has 0 aromatic carbocycles. The first-order valence-corrected chi connectivity index (χ1v) is 6.45. The zero-order valence-electron chi connectivity index (χ0n) is 11.0. The van der Waals surface area contributed by atoms with Crippen molar-refractivity contribution in [3.8, 4) is 0 Å². The highest BCUT2D eigenvalue weighted by Crippen LogP contribution is 2.13. The van der Waals surface area contributed by atoms with Gasteiger partial charge in [0.2, 0.25) is 5.91 Å². The van der Waals surface area contributed by atoms with Crippen molar-refractivity contribution in [3.05, 3.63) is 0 Å². The molecule has 1 amide bonds. The normalized spacial score (nSPS) is 20.9. The van der Waals surface area contributed by atoms with Gasteiger partial charge in [0, 0.05) is 13.2 Å². The fourth-order valence-corrected chi connectivity index (χ4v) is 1.72. The second-order valence-corrected chi connectivity index (χ2v) is 4.40. The molecule has 2 unspecified atom stereocenters. The Bertz CT molecular complexity index is 223. The summed E-state index contributed by atoms with van der Waals surface area (Å²) in [7, 11) is 0. The molecular formula is C12H25ClN2O3. The van der Waals surface area contributed by atoms with Gasteiger partial charge in [-0.25, -0.2) is 0 Å². The molecule has 5 nitrogen and oxygen atoms in total. The van der Waals surface area contributed by atoms with Crippen LogP contribution in [0.3, 0.4) is 0 Å². The fraction of sp³-hybridized carbons (Fsp3) is 0.917. The van der Waals surface area contributed by atoms with Gasteiger partial charge < -0.3 is 20.5 Å². The van der Waals surface area contributed by atoms with Gasteiger partial charge in [-0.05, 0) is 39.2 Å². The van der Waals surface area contributed by atoms with Crippen LogP contribution in [0.15, 0.2) is 0 Å². The van der Waals surface area contributed by atoms with Gasteiger partial charge >= 0.3 is 0 Å². The second kappa shape index (κ2) is 10.6. The van der Waals surface area contributed by atoms with Crippen molar-refractivity contribution >= 4 is 18.3 Å². The summed E-state index contributed by atoms with van der Waals surface area (Å²) in [6, 6.07) is 0. The Morgan fingerprint density at radius 3 is 2.94 bits per heavy atom. The Balaban J connectivity index is 0.00000289. The van der Waals surface area contributed by atoms with Gasteiger partial charge in [0.25, 0.3) is 0 Å².